The van der Waals surface area contributed by atoms with E-state index in [-0.39, 0.29) is 0 Å². The number of furan rings is 1. The van der Waals surface area contributed by atoms with Crippen molar-refractivity contribution in [3.8, 4) is 10.9 Å². The number of hydrogen-bond donors (Lipinski definition) is 0. The summed E-state index contributed by atoms with van der Waals surface area (Å²) in [5, 5.41) is 1.65. The van der Waals surface area contributed by atoms with Crippen molar-refractivity contribution in [1.82, 2.24) is 14.9 Å². The average molecular weight is 391 g/mol. The molecule has 5 heterocycles. The molecule has 1 fully saturated rings. The number of fused-ring (bicyclic) bond motifs is 3. The van der Waals surface area contributed by atoms with Gasteiger partial charge in [-0.15, -0.1) is 0 Å². The number of rotatable bonds is 4. The van der Waals surface area contributed by atoms with Crippen LogP contribution in [0.1, 0.15) is 5.76 Å². The number of thiazole rings is 1. The van der Waals surface area contributed by atoms with Crippen LogP contribution in [-0.4, -0.2) is 34.6 Å². The second-order valence-corrected chi connectivity index (χ2v) is 8.16. The summed E-state index contributed by atoms with van der Waals surface area (Å²) in [6.07, 6.45) is 3.96. The highest BCUT2D eigenvalue weighted by molar-refractivity contribution is 7.20. The standard InChI is InChI=1S/C21H17N3O3S/c1-2-19-20(22-5-1)23-21(28-19)27-16-4-3-13-6-17(26-18(13)7-16)10-24-8-14-11-25-12-15(14)9-24/h1-8,15H,9-12H2. The highest BCUT2D eigenvalue weighted by atomic mass is 32.1. The fourth-order valence-electron chi connectivity index (χ4n) is 3.84. The summed E-state index contributed by atoms with van der Waals surface area (Å²) in [6, 6.07) is 11.9. The van der Waals surface area contributed by atoms with Crippen LogP contribution in [0.5, 0.6) is 10.9 Å². The third-order valence-electron chi connectivity index (χ3n) is 5.17. The lowest BCUT2D eigenvalue weighted by atomic mass is 10.1. The van der Waals surface area contributed by atoms with Gasteiger partial charge in [-0.25, -0.2) is 4.98 Å². The molecule has 4 aromatic rings. The van der Waals surface area contributed by atoms with Crippen molar-refractivity contribution < 1.29 is 13.9 Å². The van der Waals surface area contributed by atoms with E-state index in [1.807, 2.05) is 30.3 Å². The molecule has 0 saturated carbocycles. The molecule has 1 aromatic carbocycles. The van der Waals surface area contributed by atoms with Crippen LogP contribution in [0.15, 0.2) is 58.8 Å². The Balaban J connectivity index is 1.22. The van der Waals surface area contributed by atoms with E-state index in [0.29, 0.717) is 22.5 Å². The summed E-state index contributed by atoms with van der Waals surface area (Å²) in [4.78, 5) is 11.0. The number of aromatic nitrogens is 2. The molecule has 28 heavy (non-hydrogen) atoms. The van der Waals surface area contributed by atoms with Gasteiger partial charge < -0.3 is 18.8 Å². The van der Waals surface area contributed by atoms with Crippen molar-refractivity contribution in [3.63, 3.8) is 0 Å². The monoisotopic (exact) mass is 391 g/mol. The van der Waals surface area contributed by atoms with Crippen LogP contribution in [0.4, 0.5) is 0 Å². The Kier molecular flexibility index (Phi) is 3.63. The van der Waals surface area contributed by atoms with E-state index in [9.17, 15) is 0 Å². The maximum absolute atomic E-state index is 6.08. The molecule has 0 bridgehead atoms. The van der Waals surface area contributed by atoms with E-state index in [2.05, 4.69) is 27.1 Å². The predicted molar refractivity (Wildman–Crippen MR) is 107 cm³/mol. The maximum Gasteiger partial charge on any atom is 0.281 e. The lowest BCUT2D eigenvalue weighted by Gasteiger charge is -2.15. The zero-order valence-corrected chi connectivity index (χ0v) is 15.8. The van der Waals surface area contributed by atoms with Crippen molar-refractivity contribution >= 4 is 32.7 Å². The zero-order chi connectivity index (χ0) is 18.5. The lowest BCUT2D eigenvalue weighted by molar-refractivity contribution is 0.173. The molecule has 6 rings (SSSR count). The molecular weight excluding hydrogens is 374 g/mol. The first-order chi connectivity index (χ1) is 13.8. The number of pyridine rings is 1. The summed E-state index contributed by atoms with van der Waals surface area (Å²) in [7, 11) is 0. The maximum atomic E-state index is 6.08. The van der Waals surface area contributed by atoms with Crippen LogP contribution >= 0.6 is 11.3 Å². The van der Waals surface area contributed by atoms with Crippen molar-refractivity contribution in [2.75, 3.05) is 19.8 Å². The van der Waals surface area contributed by atoms with E-state index in [1.165, 1.54) is 16.9 Å². The zero-order valence-electron chi connectivity index (χ0n) is 15.0. The van der Waals surface area contributed by atoms with Gasteiger partial charge in [-0.1, -0.05) is 11.3 Å². The van der Waals surface area contributed by atoms with Gasteiger partial charge in [0.25, 0.3) is 5.19 Å². The fourth-order valence-corrected chi connectivity index (χ4v) is 4.63. The van der Waals surface area contributed by atoms with Gasteiger partial charge in [0, 0.05) is 36.3 Å². The van der Waals surface area contributed by atoms with Crippen LogP contribution in [0.25, 0.3) is 21.3 Å². The molecule has 3 aromatic heterocycles. The lowest BCUT2D eigenvalue weighted by Crippen LogP contribution is -2.18. The first kappa shape index (κ1) is 16.1. The summed E-state index contributed by atoms with van der Waals surface area (Å²) >= 11 is 1.48. The smallest absolute Gasteiger partial charge is 0.281 e. The van der Waals surface area contributed by atoms with Crippen LogP contribution in [0.2, 0.25) is 0 Å². The molecule has 6 nitrogen and oxygen atoms in total. The molecule has 140 valence electrons. The molecule has 1 saturated heterocycles. The fraction of sp³-hybridized carbons (Fsp3) is 0.238. The van der Waals surface area contributed by atoms with Gasteiger partial charge in [0.15, 0.2) is 5.65 Å². The molecule has 7 heteroatoms. The normalized spacial score (nSPS) is 18.8. The van der Waals surface area contributed by atoms with Gasteiger partial charge in [0.1, 0.15) is 17.1 Å². The van der Waals surface area contributed by atoms with Crippen molar-refractivity contribution in [2.45, 2.75) is 6.54 Å². The highest BCUT2D eigenvalue weighted by Crippen LogP contribution is 2.33. The summed E-state index contributed by atoms with van der Waals surface area (Å²) in [6.45, 7) is 3.38. The second-order valence-electron chi connectivity index (χ2n) is 7.16. The number of ether oxygens (including phenoxy) is 2. The minimum absolute atomic E-state index is 0.549. The molecule has 0 N–H and O–H groups in total. The summed E-state index contributed by atoms with van der Waals surface area (Å²) in [5.74, 6) is 2.21. The van der Waals surface area contributed by atoms with E-state index in [1.54, 1.807) is 6.20 Å². The Morgan fingerprint density at radius 2 is 2.25 bits per heavy atom. The average Bonchev–Trinajstić information content (AvgIpc) is 3.43. The Morgan fingerprint density at radius 1 is 1.25 bits per heavy atom. The quantitative estimate of drug-likeness (QED) is 0.508. The molecule has 0 amide bonds. The van der Waals surface area contributed by atoms with Crippen LogP contribution in [0.3, 0.4) is 0 Å². The Labute approximate surface area is 165 Å². The highest BCUT2D eigenvalue weighted by Gasteiger charge is 2.29. The van der Waals surface area contributed by atoms with Crippen LogP contribution in [0, 0.1) is 5.92 Å². The van der Waals surface area contributed by atoms with Crippen molar-refractivity contribution in [3.05, 3.63) is 60.1 Å². The number of benzene rings is 1. The second kappa shape index (κ2) is 6.32. The molecule has 0 radical (unpaired) electrons. The third kappa shape index (κ3) is 2.83. The van der Waals surface area contributed by atoms with Gasteiger partial charge in [-0.2, -0.15) is 4.98 Å². The molecule has 0 aliphatic carbocycles. The Morgan fingerprint density at radius 3 is 3.18 bits per heavy atom. The minimum Gasteiger partial charge on any atom is -0.459 e. The number of nitrogens with zero attached hydrogens (tertiary/aromatic N) is 3. The predicted octanol–water partition coefficient (Wildman–Crippen LogP) is 4.58. The first-order valence-corrected chi connectivity index (χ1v) is 10.1. The van der Waals surface area contributed by atoms with Gasteiger partial charge in [0.05, 0.1) is 24.5 Å². The van der Waals surface area contributed by atoms with Gasteiger partial charge in [0.2, 0.25) is 0 Å². The summed E-state index contributed by atoms with van der Waals surface area (Å²) in [5.41, 5.74) is 2.93. The summed E-state index contributed by atoms with van der Waals surface area (Å²) < 4.78 is 18.5. The van der Waals surface area contributed by atoms with Crippen molar-refractivity contribution in [1.29, 1.82) is 0 Å². The van der Waals surface area contributed by atoms with Gasteiger partial charge >= 0.3 is 0 Å². The minimum atomic E-state index is 0.549. The van der Waals surface area contributed by atoms with E-state index in [0.717, 1.165) is 47.7 Å². The van der Waals surface area contributed by atoms with E-state index in [4.69, 9.17) is 13.9 Å². The molecule has 2 aliphatic rings. The van der Waals surface area contributed by atoms with Gasteiger partial charge in [-0.3, -0.25) is 0 Å². The Bertz CT molecular complexity index is 1180. The molecular formula is C21H17N3O3S. The van der Waals surface area contributed by atoms with E-state index < -0.39 is 0 Å². The van der Waals surface area contributed by atoms with Crippen LogP contribution < -0.4 is 4.74 Å². The number of hydrogen-bond acceptors (Lipinski definition) is 7. The SMILES string of the molecule is C1=C2COCC2CN1Cc1cc2ccc(Oc3nc4ncccc4s3)cc2o1. The Hall–Kier alpha value is -2.90. The van der Waals surface area contributed by atoms with Crippen molar-refractivity contribution in [2.24, 2.45) is 5.92 Å². The molecule has 2 aliphatic heterocycles. The molecule has 0 spiro atoms. The largest absolute Gasteiger partial charge is 0.459 e. The topological polar surface area (TPSA) is 60.6 Å². The first-order valence-electron chi connectivity index (χ1n) is 9.24. The van der Waals surface area contributed by atoms with Gasteiger partial charge in [-0.05, 0) is 35.9 Å². The van der Waals surface area contributed by atoms with Crippen LogP contribution in [-0.2, 0) is 11.3 Å². The molecule has 1 unspecified atom stereocenters. The van der Waals surface area contributed by atoms with E-state index >= 15 is 0 Å². The molecule has 1 atom stereocenters. The third-order valence-corrected chi connectivity index (χ3v) is 6.06.